The van der Waals surface area contributed by atoms with Gasteiger partial charge >= 0.3 is 0 Å². The Morgan fingerprint density at radius 3 is 1.90 bits per heavy atom. The highest BCUT2D eigenvalue weighted by Crippen LogP contribution is 2.36. The van der Waals surface area contributed by atoms with Crippen LogP contribution in [0.2, 0.25) is 18.1 Å². The predicted octanol–water partition coefficient (Wildman–Crippen LogP) is 7.85. The van der Waals surface area contributed by atoms with Crippen LogP contribution in [0, 0.1) is 5.82 Å². The third-order valence-corrected chi connectivity index (χ3v) is 11.8. The van der Waals surface area contributed by atoms with Crippen LogP contribution in [0.15, 0.2) is 72.8 Å². The summed E-state index contributed by atoms with van der Waals surface area (Å²) >= 11 is 0. The fourth-order valence-electron chi connectivity index (χ4n) is 3.92. The van der Waals surface area contributed by atoms with Crippen molar-refractivity contribution in [2.45, 2.75) is 65.0 Å². The van der Waals surface area contributed by atoms with Gasteiger partial charge in [0, 0.05) is 19.3 Å². The molecule has 0 fully saturated rings. The van der Waals surface area contributed by atoms with Gasteiger partial charge in [0.15, 0.2) is 13.9 Å². The molecule has 0 aliphatic heterocycles. The molecule has 3 aromatic rings. The van der Waals surface area contributed by atoms with Crippen molar-refractivity contribution in [1.29, 1.82) is 0 Å². The van der Waals surface area contributed by atoms with Crippen molar-refractivity contribution in [3.05, 3.63) is 84.2 Å². The summed E-state index contributed by atoms with van der Waals surface area (Å²) in [6.07, 6.45) is 0. The first-order chi connectivity index (χ1) is 18.2. The SMILES string of the molecule is COCc1ccc(-c2ccc(N(CCO[Si](C)(C)C(C)(C)C)C(=O)C(C)(C)Oc3ccc(F)cc3)cc2)cc1. The molecule has 0 radical (unpaired) electrons. The molecule has 0 saturated heterocycles. The Hall–Kier alpha value is -3.00. The molecule has 0 N–H and O–H groups in total. The normalized spacial score (nSPS) is 12.3. The smallest absolute Gasteiger partial charge is 0.270 e. The van der Waals surface area contributed by atoms with Crippen molar-refractivity contribution in [1.82, 2.24) is 0 Å². The van der Waals surface area contributed by atoms with Gasteiger partial charge in [-0.15, -0.1) is 0 Å². The zero-order valence-corrected chi connectivity index (χ0v) is 25.5. The maximum Gasteiger partial charge on any atom is 0.270 e. The van der Waals surface area contributed by atoms with Crippen LogP contribution in [-0.2, 0) is 20.6 Å². The minimum Gasteiger partial charge on any atom is -0.478 e. The van der Waals surface area contributed by atoms with Gasteiger partial charge in [-0.05, 0) is 85.1 Å². The van der Waals surface area contributed by atoms with Crippen molar-refractivity contribution in [2.24, 2.45) is 0 Å². The van der Waals surface area contributed by atoms with Gasteiger partial charge in [-0.3, -0.25) is 4.79 Å². The molecule has 0 aliphatic carbocycles. The maximum absolute atomic E-state index is 13.9. The number of nitrogens with zero attached hydrogens (tertiary/aromatic N) is 1. The number of hydrogen-bond acceptors (Lipinski definition) is 4. The van der Waals surface area contributed by atoms with Crippen LogP contribution in [0.5, 0.6) is 5.75 Å². The molecule has 39 heavy (non-hydrogen) atoms. The Bertz CT molecular complexity index is 1220. The van der Waals surface area contributed by atoms with Gasteiger partial charge < -0.3 is 18.8 Å². The molecule has 0 spiro atoms. The molecule has 5 nitrogen and oxygen atoms in total. The summed E-state index contributed by atoms with van der Waals surface area (Å²) in [4.78, 5) is 15.6. The lowest BCUT2D eigenvalue weighted by Gasteiger charge is -2.37. The van der Waals surface area contributed by atoms with Crippen molar-refractivity contribution in [3.8, 4) is 16.9 Å². The van der Waals surface area contributed by atoms with Gasteiger partial charge in [0.1, 0.15) is 11.6 Å². The summed E-state index contributed by atoms with van der Waals surface area (Å²) < 4.78 is 31.1. The fraction of sp³-hybridized carbons (Fsp3) is 0.406. The van der Waals surface area contributed by atoms with E-state index < -0.39 is 13.9 Å². The molecule has 0 heterocycles. The molecule has 7 heteroatoms. The lowest BCUT2D eigenvalue weighted by molar-refractivity contribution is -0.131. The van der Waals surface area contributed by atoms with Crippen LogP contribution in [0.1, 0.15) is 40.2 Å². The van der Waals surface area contributed by atoms with Crippen LogP contribution < -0.4 is 9.64 Å². The highest BCUT2D eigenvalue weighted by molar-refractivity contribution is 6.74. The van der Waals surface area contributed by atoms with E-state index in [9.17, 15) is 9.18 Å². The van der Waals surface area contributed by atoms with Crippen LogP contribution in [0.25, 0.3) is 11.1 Å². The van der Waals surface area contributed by atoms with Crippen molar-refractivity contribution in [3.63, 3.8) is 0 Å². The summed E-state index contributed by atoms with van der Waals surface area (Å²) in [5, 5.41) is 0.0628. The van der Waals surface area contributed by atoms with Gasteiger partial charge in [-0.1, -0.05) is 57.2 Å². The Labute approximate surface area is 234 Å². The van der Waals surface area contributed by atoms with Gasteiger partial charge in [0.2, 0.25) is 0 Å². The van der Waals surface area contributed by atoms with Crippen LogP contribution >= 0.6 is 0 Å². The Balaban J connectivity index is 1.85. The lowest BCUT2D eigenvalue weighted by atomic mass is 10.0. The third-order valence-electron chi connectivity index (χ3n) is 7.31. The summed E-state index contributed by atoms with van der Waals surface area (Å²) in [7, 11) is -0.314. The van der Waals surface area contributed by atoms with E-state index in [2.05, 4.69) is 58.1 Å². The second-order valence-corrected chi connectivity index (χ2v) is 16.6. The first-order valence-electron chi connectivity index (χ1n) is 13.3. The molecule has 3 aromatic carbocycles. The molecular formula is C32H42FNO4Si. The summed E-state index contributed by atoms with van der Waals surface area (Å²) in [5.41, 5.74) is 2.81. The number of carbonyl (C=O) groups excluding carboxylic acids is 1. The summed E-state index contributed by atoms with van der Waals surface area (Å²) in [6.45, 7) is 15.8. The quantitative estimate of drug-likeness (QED) is 0.228. The predicted molar refractivity (Wildman–Crippen MR) is 159 cm³/mol. The van der Waals surface area contributed by atoms with Crippen molar-refractivity contribution >= 4 is 19.9 Å². The number of methoxy groups -OCH3 is 1. The second-order valence-electron chi connectivity index (χ2n) is 11.8. The molecule has 0 aliphatic rings. The number of benzene rings is 3. The first-order valence-corrected chi connectivity index (χ1v) is 16.2. The van der Waals surface area contributed by atoms with Gasteiger partial charge in [-0.2, -0.15) is 0 Å². The summed E-state index contributed by atoms with van der Waals surface area (Å²) in [6, 6.07) is 21.9. The average Bonchev–Trinajstić information content (AvgIpc) is 2.88. The number of hydrogen-bond donors (Lipinski definition) is 0. The topological polar surface area (TPSA) is 48.0 Å². The highest BCUT2D eigenvalue weighted by Gasteiger charge is 2.38. The van der Waals surface area contributed by atoms with E-state index in [1.807, 2.05) is 24.3 Å². The van der Waals surface area contributed by atoms with E-state index in [4.69, 9.17) is 13.9 Å². The lowest BCUT2D eigenvalue weighted by Crippen LogP contribution is -2.51. The van der Waals surface area contributed by atoms with Crippen molar-refractivity contribution in [2.75, 3.05) is 25.2 Å². The van der Waals surface area contributed by atoms with Crippen LogP contribution in [0.3, 0.4) is 0 Å². The number of halogens is 1. The molecular weight excluding hydrogens is 509 g/mol. The van der Waals surface area contributed by atoms with E-state index >= 15 is 0 Å². The zero-order valence-electron chi connectivity index (χ0n) is 24.5. The van der Waals surface area contributed by atoms with E-state index in [-0.39, 0.29) is 16.8 Å². The van der Waals surface area contributed by atoms with E-state index in [0.29, 0.717) is 25.5 Å². The highest BCUT2D eigenvalue weighted by atomic mass is 28.4. The standard InChI is InChI=1S/C32H42FNO4Si/c1-31(2,3)39(7,8)37-22-21-34(30(35)32(4,5)38-29-19-15-27(33)16-20-29)28-17-13-26(14-18-28)25-11-9-24(10-12-25)23-36-6/h9-20H,21-23H2,1-8H3. The number of anilines is 1. The molecule has 0 bridgehead atoms. The molecule has 0 unspecified atom stereocenters. The van der Waals surface area contributed by atoms with Gasteiger partial charge in [0.05, 0.1) is 13.2 Å². The number of ether oxygens (including phenoxy) is 2. The monoisotopic (exact) mass is 551 g/mol. The number of rotatable bonds is 11. The Morgan fingerprint density at radius 2 is 1.38 bits per heavy atom. The summed E-state index contributed by atoms with van der Waals surface area (Å²) in [5.74, 6) is -0.133. The first kappa shape index (κ1) is 30.5. The number of amides is 1. The van der Waals surface area contributed by atoms with Gasteiger partial charge in [-0.25, -0.2) is 4.39 Å². The number of carbonyl (C=O) groups is 1. The van der Waals surface area contributed by atoms with Crippen LogP contribution in [0.4, 0.5) is 10.1 Å². The molecule has 0 atom stereocenters. The zero-order chi connectivity index (χ0) is 28.8. The second kappa shape index (κ2) is 12.5. The van der Waals surface area contributed by atoms with E-state index in [1.165, 1.54) is 24.3 Å². The molecule has 0 saturated carbocycles. The molecule has 210 valence electrons. The van der Waals surface area contributed by atoms with E-state index in [1.54, 1.807) is 25.9 Å². The maximum atomic E-state index is 13.9. The minimum atomic E-state index is -2.00. The molecule has 0 aromatic heterocycles. The Morgan fingerprint density at radius 1 is 0.846 bits per heavy atom. The van der Waals surface area contributed by atoms with Crippen molar-refractivity contribution < 1.29 is 23.1 Å². The van der Waals surface area contributed by atoms with Gasteiger partial charge in [0.25, 0.3) is 5.91 Å². The fourth-order valence-corrected chi connectivity index (χ4v) is 4.95. The van der Waals surface area contributed by atoms with Crippen LogP contribution in [-0.4, -0.2) is 40.1 Å². The molecule has 1 amide bonds. The minimum absolute atomic E-state index is 0.0628. The Kier molecular flexibility index (Phi) is 9.75. The average molecular weight is 552 g/mol. The third kappa shape index (κ3) is 8.00. The molecule has 3 rings (SSSR count). The largest absolute Gasteiger partial charge is 0.478 e. The van der Waals surface area contributed by atoms with E-state index in [0.717, 1.165) is 22.4 Å².